The van der Waals surface area contributed by atoms with Crippen LogP contribution in [0.2, 0.25) is 0 Å². The molecule has 2 heterocycles. The first-order valence-corrected chi connectivity index (χ1v) is 11.2. The van der Waals surface area contributed by atoms with E-state index in [9.17, 15) is 13.9 Å². The third-order valence-electron chi connectivity index (χ3n) is 7.68. The lowest BCUT2D eigenvalue weighted by molar-refractivity contribution is -0.0714. The van der Waals surface area contributed by atoms with Crippen LogP contribution in [-0.2, 0) is 12.1 Å². The number of hydrogen-bond acceptors (Lipinski definition) is 2. The molecule has 5 heteroatoms. The molecule has 3 nitrogen and oxygen atoms in total. The summed E-state index contributed by atoms with van der Waals surface area (Å²) in [6, 6.07) is 11.5. The highest BCUT2D eigenvalue weighted by Crippen LogP contribution is 2.55. The first kappa shape index (κ1) is 21.1. The van der Waals surface area contributed by atoms with Gasteiger partial charge in [-0.3, -0.25) is 0 Å². The molecule has 1 N–H and O–H groups in total. The molecule has 0 amide bonds. The number of fused-ring (bicyclic) bond motifs is 2. The van der Waals surface area contributed by atoms with Crippen molar-refractivity contribution in [1.29, 1.82) is 0 Å². The molecular formula is C27H28F2N2O. The monoisotopic (exact) mass is 434 g/mol. The maximum Gasteiger partial charge on any atom is 0.126 e. The summed E-state index contributed by atoms with van der Waals surface area (Å²) in [5.74, 6) is -0.622. The van der Waals surface area contributed by atoms with E-state index in [0.717, 1.165) is 36.2 Å². The molecule has 2 aromatic carbocycles. The number of nitrogens with zero attached hydrogens (tertiary/aromatic N) is 2. The summed E-state index contributed by atoms with van der Waals surface area (Å²) in [6.45, 7) is 6.46. The molecule has 1 aliphatic heterocycles. The van der Waals surface area contributed by atoms with Crippen LogP contribution in [0.5, 0.6) is 0 Å². The Morgan fingerprint density at radius 2 is 1.91 bits per heavy atom. The average Bonchev–Trinajstić information content (AvgIpc) is 3.15. The lowest BCUT2D eigenvalue weighted by atomic mass is 9.57. The first-order valence-electron chi connectivity index (χ1n) is 11.2. The van der Waals surface area contributed by atoms with Gasteiger partial charge in [-0.2, -0.15) is 0 Å². The number of aromatic nitrogens is 2. The SMILES string of the molecule is Cc1ccc([C@@](C)(O)[C@H]2CCCC3=Cc4c(-c5ccc(F)cc5)ncn4C[C@@]32C)cc1F. The summed E-state index contributed by atoms with van der Waals surface area (Å²) >= 11 is 0. The van der Waals surface area contributed by atoms with Crippen LogP contribution < -0.4 is 0 Å². The van der Waals surface area contributed by atoms with Crippen molar-refractivity contribution in [3.05, 3.63) is 82.8 Å². The van der Waals surface area contributed by atoms with Crippen LogP contribution in [0, 0.1) is 29.9 Å². The zero-order chi connectivity index (χ0) is 22.7. The minimum absolute atomic E-state index is 0.0677. The maximum absolute atomic E-state index is 14.3. The van der Waals surface area contributed by atoms with Gasteiger partial charge in [0.15, 0.2) is 0 Å². The van der Waals surface area contributed by atoms with E-state index in [2.05, 4.69) is 22.6 Å². The second kappa shape index (κ2) is 7.38. The Hall–Kier alpha value is -2.79. The molecule has 0 saturated heterocycles. The number of allylic oxidation sites excluding steroid dienone is 1. The van der Waals surface area contributed by atoms with Gasteiger partial charge in [0.1, 0.15) is 11.6 Å². The van der Waals surface area contributed by atoms with E-state index in [1.165, 1.54) is 23.8 Å². The Morgan fingerprint density at radius 3 is 2.62 bits per heavy atom. The third kappa shape index (κ3) is 3.22. The van der Waals surface area contributed by atoms with Crippen molar-refractivity contribution in [3.63, 3.8) is 0 Å². The molecule has 1 saturated carbocycles. The van der Waals surface area contributed by atoms with E-state index in [-0.39, 0.29) is 23.0 Å². The van der Waals surface area contributed by atoms with E-state index >= 15 is 0 Å². The zero-order valence-electron chi connectivity index (χ0n) is 18.7. The number of aliphatic hydroxyl groups is 1. The van der Waals surface area contributed by atoms with E-state index in [0.29, 0.717) is 17.7 Å². The smallest absolute Gasteiger partial charge is 0.126 e. The molecular weight excluding hydrogens is 406 g/mol. The van der Waals surface area contributed by atoms with Crippen LogP contribution in [0.1, 0.15) is 49.9 Å². The lowest BCUT2D eigenvalue weighted by Crippen LogP contribution is -2.48. The van der Waals surface area contributed by atoms with Gasteiger partial charge in [-0.1, -0.05) is 24.6 Å². The molecule has 0 bridgehead atoms. The van der Waals surface area contributed by atoms with Crippen molar-refractivity contribution in [1.82, 2.24) is 9.55 Å². The molecule has 1 aromatic heterocycles. The highest BCUT2D eigenvalue weighted by molar-refractivity contribution is 5.72. The molecule has 32 heavy (non-hydrogen) atoms. The van der Waals surface area contributed by atoms with Crippen molar-refractivity contribution in [2.24, 2.45) is 11.3 Å². The van der Waals surface area contributed by atoms with Crippen LogP contribution in [0.4, 0.5) is 8.78 Å². The topological polar surface area (TPSA) is 38.1 Å². The number of halogens is 2. The minimum Gasteiger partial charge on any atom is -0.385 e. The molecule has 5 rings (SSSR count). The van der Waals surface area contributed by atoms with Crippen molar-refractivity contribution in [3.8, 4) is 11.3 Å². The minimum atomic E-state index is -1.17. The highest BCUT2D eigenvalue weighted by atomic mass is 19.1. The normalized spacial score (nSPS) is 24.3. The molecule has 3 atom stereocenters. The fourth-order valence-corrected chi connectivity index (χ4v) is 5.80. The van der Waals surface area contributed by atoms with E-state index < -0.39 is 5.60 Å². The van der Waals surface area contributed by atoms with E-state index in [1.54, 1.807) is 25.1 Å². The van der Waals surface area contributed by atoms with Gasteiger partial charge in [-0.05, 0) is 80.6 Å². The Morgan fingerprint density at radius 1 is 1.16 bits per heavy atom. The van der Waals surface area contributed by atoms with Crippen LogP contribution in [-0.4, -0.2) is 14.7 Å². The number of aryl methyl sites for hydroxylation is 1. The van der Waals surface area contributed by atoms with Gasteiger partial charge >= 0.3 is 0 Å². The van der Waals surface area contributed by atoms with Crippen molar-refractivity contribution in [2.75, 3.05) is 0 Å². The molecule has 3 aromatic rings. The highest BCUT2D eigenvalue weighted by Gasteiger charge is 2.51. The van der Waals surface area contributed by atoms with Gasteiger partial charge in [0.2, 0.25) is 0 Å². The number of rotatable bonds is 3. The van der Waals surface area contributed by atoms with Crippen LogP contribution in [0.15, 0.2) is 54.4 Å². The van der Waals surface area contributed by atoms with Gasteiger partial charge < -0.3 is 9.67 Å². The predicted octanol–water partition coefficient (Wildman–Crippen LogP) is 6.25. The molecule has 0 radical (unpaired) electrons. The van der Waals surface area contributed by atoms with Crippen LogP contribution in [0.3, 0.4) is 0 Å². The number of hydrogen-bond donors (Lipinski definition) is 1. The van der Waals surface area contributed by atoms with E-state index in [1.807, 2.05) is 19.3 Å². The Balaban J connectivity index is 1.55. The summed E-state index contributed by atoms with van der Waals surface area (Å²) in [5, 5.41) is 11.7. The molecule has 2 aliphatic rings. The Labute approximate surface area is 187 Å². The largest absolute Gasteiger partial charge is 0.385 e. The summed E-state index contributed by atoms with van der Waals surface area (Å²) in [6.07, 6.45) is 6.83. The number of benzene rings is 2. The Bertz CT molecular complexity index is 1210. The van der Waals surface area contributed by atoms with Crippen LogP contribution >= 0.6 is 0 Å². The molecule has 1 aliphatic carbocycles. The molecule has 0 spiro atoms. The van der Waals surface area contributed by atoms with Crippen molar-refractivity contribution >= 4 is 6.08 Å². The average molecular weight is 435 g/mol. The van der Waals surface area contributed by atoms with Crippen molar-refractivity contribution < 1.29 is 13.9 Å². The first-order chi connectivity index (χ1) is 15.2. The maximum atomic E-state index is 14.3. The van der Waals surface area contributed by atoms with Gasteiger partial charge in [0.25, 0.3) is 0 Å². The molecule has 1 fully saturated rings. The van der Waals surface area contributed by atoms with Gasteiger partial charge in [0.05, 0.1) is 23.3 Å². The van der Waals surface area contributed by atoms with Crippen LogP contribution in [0.25, 0.3) is 17.3 Å². The molecule has 0 unspecified atom stereocenters. The Kier molecular flexibility index (Phi) is 4.86. The fraction of sp³-hybridized carbons (Fsp3) is 0.370. The summed E-state index contributed by atoms with van der Waals surface area (Å²) in [5.41, 5.74) is 3.79. The standard InChI is InChI=1S/C27H28F2N2O/c1-17-7-10-20(13-22(17)29)27(3,32)24-6-4-5-19-14-23-25(18-8-11-21(28)12-9-18)30-16-31(23)15-26(19,24)2/h7-14,16,24,32H,4-6,15H2,1-3H3/t24-,26-,27+/m0/s1. The van der Waals surface area contributed by atoms with Gasteiger partial charge in [0, 0.05) is 23.4 Å². The fourth-order valence-electron chi connectivity index (χ4n) is 5.80. The van der Waals surface area contributed by atoms with Gasteiger partial charge in [-0.15, -0.1) is 0 Å². The zero-order valence-corrected chi connectivity index (χ0v) is 18.7. The third-order valence-corrected chi connectivity index (χ3v) is 7.68. The number of imidazole rings is 1. The second-order valence-electron chi connectivity index (χ2n) is 9.76. The molecule has 166 valence electrons. The van der Waals surface area contributed by atoms with E-state index in [4.69, 9.17) is 0 Å². The summed E-state index contributed by atoms with van der Waals surface area (Å²) in [7, 11) is 0. The second-order valence-corrected chi connectivity index (χ2v) is 9.76. The lowest BCUT2D eigenvalue weighted by Gasteiger charge is -2.51. The summed E-state index contributed by atoms with van der Waals surface area (Å²) < 4.78 is 29.9. The predicted molar refractivity (Wildman–Crippen MR) is 122 cm³/mol. The quantitative estimate of drug-likeness (QED) is 0.529. The summed E-state index contributed by atoms with van der Waals surface area (Å²) in [4.78, 5) is 4.64. The van der Waals surface area contributed by atoms with Crippen molar-refractivity contribution in [2.45, 2.75) is 52.2 Å². The van der Waals surface area contributed by atoms with Gasteiger partial charge in [-0.25, -0.2) is 13.8 Å².